The molecule has 1 saturated heterocycles. The lowest BCUT2D eigenvalue weighted by atomic mass is 10.0. The number of hydrogen-bond acceptors (Lipinski definition) is 11. The molecule has 3 heterocycles. The van der Waals surface area contributed by atoms with E-state index in [9.17, 15) is 24.3 Å². The van der Waals surface area contributed by atoms with Crippen molar-refractivity contribution in [2.75, 3.05) is 18.6 Å². The van der Waals surface area contributed by atoms with Crippen molar-refractivity contribution in [2.24, 2.45) is 5.16 Å². The van der Waals surface area contributed by atoms with Gasteiger partial charge >= 0.3 is 11.9 Å². The highest BCUT2D eigenvalue weighted by atomic mass is 32.2. The van der Waals surface area contributed by atoms with E-state index in [4.69, 9.17) is 14.0 Å². The first kappa shape index (κ1) is 24.9. The van der Waals surface area contributed by atoms with Gasteiger partial charge in [0.2, 0.25) is 18.4 Å². The quantitative estimate of drug-likeness (QED) is 0.132. The van der Waals surface area contributed by atoms with Crippen LogP contribution in [0.15, 0.2) is 39.7 Å². The van der Waals surface area contributed by atoms with Crippen LogP contribution in [0.4, 0.5) is 0 Å². The Kier molecular flexibility index (Phi) is 7.24. The van der Waals surface area contributed by atoms with E-state index in [1.807, 2.05) is 0 Å². The van der Waals surface area contributed by atoms with Gasteiger partial charge < -0.3 is 29.2 Å². The number of rotatable bonds is 8. The number of ether oxygens (including phenoxy) is 1. The second-order valence-corrected chi connectivity index (χ2v) is 10.1. The van der Waals surface area contributed by atoms with Gasteiger partial charge in [-0.25, -0.2) is 9.59 Å². The molecule has 1 fully saturated rings. The predicted octanol–water partition coefficient (Wildman–Crippen LogP) is 0.169. The lowest BCUT2D eigenvalue weighted by Crippen LogP contribution is -2.78. The molecule has 33 heavy (non-hydrogen) atoms. The summed E-state index contributed by atoms with van der Waals surface area (Å²) in [5.41, 5.74) is -1.14. The SMILES string of the molecule is CS[N+]12C(=O)C(NC(=O)C(=NOCC(=O)OC(C)(C)C)c3ccco3)[C@@H]1SCC=C2C(=O)[O-]. The standard InChI is InChI=1S/C20H23N3O8S2/c1-20(2,3)31-13(24)10-30-22-14(12-6-5-8-29-12)16(25)21-15-17(26)23(32-4)11(19(27)28)7-9-33-18(15)23/h5-8,15,18H,9-10H2,1-4H3,(H-,21,25,27,28)/t15?,18-,23?/m0/s1. The molecule has 178 valence electrons. The summed E-state index contributed by atoms with van der Waals surface area (Å²) in [6, 6.07) is 2.03. The summed E-state index contributed by atoms with van der Waals surface area (Å²) in [4.78, 5) is 54.3. The van der Waals surface area contributed by atoms with Gasteiger partial charge in [-0.2, -0.15) is 3.89 Å². The van der Waals surface area contributed by atoms with Crippen molar-refractivity contribution in [3.63, 3.8) is 0 Å². The molecule has 2 aliphatic rings. The first-order valence-electron chi connectivity index (χ1n) is 9.80. The number of carbonyl (C=O) groups is 4. The number of esters is 1. The smallest absolute Gasteiger partial charge is 0.361 e. The second kappa shape index (κ2) is 9.61. The Morgan fingerprint density at radius 2 is 2.12 bits per heavy atom. The van der Waals surface area contributed by atoms with Gasteiger partial charge in [-0.3, -0.25) is 4.79 Å². The molecule has 3 atom stereocenters. The van der Waals surface area contributed by atoms with Crippen LogP contribution in [0.5, 0.6) is 0 Å². The highest BCUT2D eigenvalue weighted by Gasteiger charge is 2.69. The molecular formula is C20H23N3O8S2. The number of nitrogens with one attached hydrogen (secondary N) is 1. The van der Waals surface area contributed by atoms with E-state index >= 15 is 0 Å². The van der Waals surface area contributed by atoms with Gasteiger partial charge in [0.15, 0.2) is 16.8 Å². The maximum absolute atomic E-state index is 13.0. The Bertz CT molecular complexity index is 1020. The average Bonchev–Trinajstić information content (AvgIpc) is 3.26. The number of furan rings is 1. The van der Waals surface area contributed by atoms with Crippen molar-refractivity contribution in [3.05, 3.63) is 35.9 Å². The van der Waals surface area contributed by atoms with Crippen LogP contribution < -0.4 is 10.4 Å². The number of carboxylic acids is 1. The zero-order chi connectivity index (χ0) is 24.4. The molecule has 1 N–H and O–H groups in total. The van der Waals surface area contributed by atoms with Crippen LogP contribution in [0.3, 0.4) is 0 Å². The third kappa shape index (κ3) is 4.94. The fourth-order valence-electron chi connectivity index (χ4n) is 3.39. The normalized spacial score (nSPS) is 24.8. The van der Waals surface area contributed by atoms with E-state index in [-0.39, 0.29) is 17.2 Å². The summed E-state index contributed by atoms with van der Waals surface area (Å²) in [6.07, 6.45) is 4.39. The van der Waals surface area contributed by atoms with Gasteiger partial charge in [0.25, 0.3) is 5.91 Å². The van der Waals surface area contributed by atoms with E-state index in [1.54, 1.807) is 27.0 Å². The van der Waals surface area contributed by atoms with Crippen LogP contribution in [-0.4, -0.2) is 69.0 Å². The molecule has 1 aromatic heterocycles. The summed E-state index contributed by atoms with van der Waals surface area (Å²) in [6.45, 7) is 4.55. The van der Waals surface area contributed by atoms with E-state index in [0.29, 0.717) is 5.75 Å². The molecule has 0 saturated carbocycles. The minimum atomic E-state index is -1.43. The Labute approximate surface area is 198 Å². The van der Waals surface area contributed by atoms with Crippen LogP contribution >= 0.6 is 23.7 Å². The number of quaternary nitrogens is 1. The Balaban J connectivity index is 1.75. The van der Waals surface area contributed by atoms with Gasteiger partial charge in [-0.15, -0.1) is 0 Å². The number of aliphatic carboxylic acids is 1. The molecule has 0 aromatic carbocycles. The van der Waals surface area contributed by atoms with Crippen LogP contribution in [0, 0.1) is 0 Å². The third-order valence-corrected chi connectivity index (χ3v) is 7.25. The van der Waals surface area contributed by atoms with Crippen LogP contribution in [0.1, 0.15) is 26.5 Å². The van der Waals surface area contributed by atoms with Crippen molar-refractivity contribution >= 4 is 53.2 Å². The zero-order valence-electron chi connectivity index (χ0n) is 18.4. The average molecular weight is 498 g/mol. The van der Waals surface area contributed by atoms with E-state index in [2.05, 4.69) is 10.5 Å². The monoisotopic (exact) mass is 497 g/mol. The maximum Gasteiger partial charge on any atom is 0.361 e. The maximum atomic E-state index is 13.0. The van der Waals surface area contributed by atoms with Crippen molar-refractivity contribution < 1.29 is 42.2 Å². The lowest BCUT2D eigenvalue weighted by molar-refractivity contribution is -0.721. The predicted molar refractivity (Wildman–Crippen MR) is 117 cm³/mol. The zero-order valence-corrected chi connectivity index (χ0v) is 20.0. The Hall–Kier alpha value is -2.77. The fraction of sp³-hybridized carbons (Fsp3) is 0.450. The Morgan fingerprint density at radius 3 is 2.70 bits per heavy atom. The minimum Gasteiger partial charge on any atom is -0.540 e. The van der Waals surface area contributed by atoms with Crippen molar-refractivity contribution in [2.45, 2.75) is 37.8 Å². The molecule has 2 aliphatic heterocycles. The molecule has 0 radical (unpaired) electrons. The topological polar surface area (TPSA) is 147 Å². The number of nitrogens with zero attached hydrogens (tertiary/aromatic N) is 2. The molecule has 0 spiro atoms. The molecule has 3 rings (SSSR count). The highest BCUT2D eigenvalue weighted by Crippen LogP contribution is 2.50. The number of amides is 2. The summed E-state index contributed by atoms with van der Waals surface area (Å²) < 4.78 is 9.86. The van der Waals surface area contributed by atoms with Gasteiger partial charge in [0.05, 0.1) is 18.2 Å². The largest absolute Gasteiger partial charge is 0.540 e. The number of oxime groups is 1. The summed E-state index contributed by atoms with van der Waals surface area (Å²) in [5.74, 6) is -2.98. The van der Waals surface area contributed by atoms with Gasteiger partial charge in [-0.05, 0) is 39.0 Å². The highest BCUT2D eigenvalue weighted by molar-refractivity contribution is 8.01. The van der Waals surface area contributed by atoms with Gasteiger partial charge in [0.1, 0.15) is 11.6 Å². The molecule has 1 aromatic rings. The molecule has 2 amide bonds. The minimum absolute atomic E-state index is 0.0562. The number of fused-ring (bicyclic) bond motifs is 1. The van der Waals surface area contributed by atoms with Crippen molar-refractivity contribution in [3.8, 4) is 0 Å². The lowest BCUT2D eigenvalue weighted by Gasteiger charge is -2.52. The summed E-state index contributed by atoms with van der Waals surface area (Å²) in [5, 5.41) is 17.3. The van der Waals surface area contributed by atoms with Crippen LogP contribution in [-0.2, 0) is 28.8 Å². The van der Waals surface area contributed by atoms with Crippen LogP contribution in [0.2, 0.25) is 0 Å². The van der Waals surface area contributed by atoms with Crippen molar-refractivity contribution in [1.82, 2.24) is 5.32 Å². The summed E-state index contributed by atoms with van der Waals surface area (Å²) >= 11 is 2.39. The molecule has 13 heteroatoms. The first-order valence-corrected chi connectivity index (χ1v) is 12.0. The van der Waals surface area contributed by atoms with E-state index < -0.39 is 51.3 Å². The number of hydrogen-bond donors (Lipinski definition) is 1. The number of β-lactam (4-membered cyclic amide) rings is 1. The van der Waals surface area contributed by atoms with Crippen molar-refractivity contribution in [1.29, 1.82) is 0 Å². The molecule has 0 bridgehead atoms. The molecule has 11 nitrogen and oxygen atoms in total. The first-order chi connectivity index (χ1) is 15.5. The van der Waals surface area contributed by atoms with E-state index in [1.165, 1.54) is 36.2 Å². The molecular weight excluding hydrogens is 474 g/mol. The molecule has 2 unspecified atom stereocenters. The second-order valence-electron chi connectivity index (χ2n) is 8.01. The number of carboxylic acid groups (broad SMARTS) is 1. The third-order valence-electron chi connectivity index (χ3n) is 4.65. The van der Waals surface area contributed by atoms with Gasteiger partial charge in [-0.1, -0.05) is 16.9 Å². The number of thioether (sulfide) groups is 1. The van der Waals surface area contributed by atoms with Crippen LogP contribution in [0.25, 0.3) is 0 Å². The van der Waals surface area contributed by atoms with Gasteiger partial charge in [0, 0.05) is 12.0 Å². The number of carbonyl (C=O) groups excluding carboxylic acids is 4. The Morgan fingerprint density at radius 1 is 1.39 bits per heavy atom. The fourth-order valence-corrected chi connectivity index (χ4v) is 6.05. The van der Waals surface area contributed by atoms with E-state index in [0.717, 1.165) is 11.9 Å². The summed E-state index contributed by atoms with van der Waals surface area (Å²) in [7, 11) is 0. The molecule has 0 aliphatic carbocycles.